The van der Waals surface area contributed by atoms with Crippen molar-refractivity contribution < 1.29 is 28.9 Å². The van der Waals surface area contributed by atoms with Crippen LogP contribution in [0.15, 0.2) is 66.5 Å². The van der Waals surface area contributed by atoms with E-state index in [1.165, 1.54) is 4.90 Å². The maximum atomic E-state index is 13.5. The van der Waals surface area contributed by atoms with Crippen molar-refractivity contribution in [3.63, 3.8) is 0 Å². The maximum absolute atomic E-state index is 13.5. The van der Waals surface area contributed by atoms with Gasteiger partial charge in [-0.25, -0.2) is 0 Å². The molecule has 1 aromatic heterocycles. The van der Waals surface area contributed by atoms with E-state index in [2.05, 4.69) is 4.98 Å². The molecular weight excluding hydrogens is 484 g/mol. The SMILES string of the molecule is CCOc1ccc([C@@H]2/C(=C(\O)c3ccc4c(c3)C[C@H](C)O4)C(=O)C(=O)N2Cc2cccnc2)cc1OCC. The first-order valence-corrected chi connectivity index (χ1v) is 12.8. The van der Waals surface area contributed by atoms with Gasteiger partial charge in [0, 0.05) is 30.9 Å². The van der Waals surface area contributed by atoms with Gasteiger partial charge in [-0.2, -0.15) is 0 Å². The molecule has 3 aromatic rings. The van der Waals surface area contributed by atoms with E-state index in [1.807, 2.05) is 32.9 Å². The number of aromatic nitrogens is 1. The monoisotopic (exact) mass is 514 g/mol. The number of amides is 1. The van der Waals surface area contributed by atoms with E-state index >= 15 is 0 Å². The molecule has 1 N–H and O–H groups in total. The summed E-state index contributed by atoms with van der Waals surface area (Å²) in [5.41, 5.74) is 2.82. The molecule has 2 aromatic carbocycles. The minimum absolute atomic E-state index is 0.0254. The van der Waals surface area contributed by atoms with Crippen LogP contribution in [0.3, 0.4) is 0 Å². The molecule has 0 aliphatic carbocycles. The first kappa shape index (κ1) is 25.3. The Morgan fingerprint density at radius 1 is 1.08 bits per heavy atom. The standard InChI is InChI=1S/C30H30N2O6/c1-4-36-24-11-8-20(15-25(24)37-5-2)27-26(28(33)21-9-10-23-22(14-21)13-18(3)38-23)29(34)30(35)32(27)17-19-7-6-12-31-16-19/h6-12,14-16,18,27,33H,4-5,13,17H2,1-3H3/b28-26+/t18-,27+/m0/s1. The molecule has 2 atom stereocenters. The fourth-order valence-electron chi connectivity index (χ4n) is 5.04. The number of likely N-dealkylation sites (tertiary alicyclic amines) is 1. The van der Waals surface area contributed by atoms with Gasteiger partial charge in [-0.15, -0.1) is 0 Å². The van der Waals surface area contributed by atoms with Gasteiger partial charge < -0.3 is 24.2 Å². The van der Waals surface area contributed by atoms with Crippen molar-refractivity contribution >= 4 is 17.4 Å². The Hall–Kier alpha value is -4.33. The summed E-state index contributed by atoms with van der Waals surface area (Å²) in [7, 11) is 0. The number of benzene rings is 2. The third-order valence-corrected chi connectivity index (χ3v) is 6.67. The van der Waals surface area contributed by atoms with Gasteiger partial charge in [-0.1, -0.05) is 12.1 Å². The second-order valence-corrected chi connectivity index (χ2v) is 9.32. The Morgan fingerprint density at radius 2 is 1.87 bits per heavy atom. The molecule has 2 aliphatic rings. The lowest BCUT2D eigenvalue weighted by Crippen LogP contribution is -2.29. The van der Waals surface area contributed by atoms with Crippen LogP contribution in [-0.2, 0) is 22.6 Å². The van der Waals surface area contributed by atoms with Crippen LogP contribution in [0.4, 0.5) is 0 Å². The molecule has 2 aliphatic heterocycles. The van der Waals surface area contributed by atoms with Crippen molar-refractivity contribution in [3.8, 4) is 17.2 Å². The first-order chi connectivity index (χ1) is 18.4. The largest absolute Gasteiger partial charge is 0.507 e. The van der Waals surface area contributed by atoms with E-state index < -0.39 is 17.7 Å². The number of carbonyl (C=O) groups excluding carboxylic acids is 2. The Bertz CT molecular complexity index is 1400. The minimum Gasteiger partial charge on any atom is -0.507 e. The Balaban J connectivity index is 1.65. The number of rotatable bonds is 8. The minimum atomic E-state index is -0.839. The van der Waals surface area contributed by atoms with Crippen molar-refractivity contribution in [2.75, 3.05) is 13.2 Å². The topological polar surface area (TPSA) is 98.2 Å². The lowest BCUT2D eigenvalue weighted by Gasteiger charge is -2.26. The van der Waals surface area contributed by atoms with Gasteiger partial charge >= 0.3 is 0 Å². The summed E-state index contributed by atoms with van der Waals surface area (Å²) in [5.74, 6) is 0.169. The van der Waals surface area contributed by atoms with Crippen LogP contribution in [0.1, 0.15) is 49.1 Å². The Morgan fingerprint density at radius 3 is 2.61 bits per heavy atom. The summed E-state index contributed by atoms with van der Waals surface area (Å²) in [4.78, 5) is 32.5. The molecule has 3 heterocycles. The third kappa shape index (κ3) is 4.69. The second kappa shape index (κ2) is 10.6. The number of aliphatic hydroxyl groups excluding tert-OH is 1. The highest BCUT2D eigenvalue weighted by Gasteiger charge is 2.46. The average Bonchev–Trinajstić information content (AvgIpc) is 3.41. The summed E-state index contributed by atoms with van der Waals surface area (Å²) in [6.45, 7) is 6.75. The zero-order valence-electron chi connectivity index (χ0n) is 21.6. The summed E-state index contributed by atoms with van der Waals surface area (Å²) in [6, 6.07) is 13.4. The van der Waals surface area contributed by atoms with E-state index in [0.29, 0.717) is 42.3 Å². The molecule has 1 fully saturated rings. The highest BCUT2D eigenvalue weighted by molar-refractivity contribution is 6.46. The summed E-state index contributed by atoms with van der Waals surface area (Å²) in [6.07, 6.45) is 4.04. The number of nitrogens with zero attached hydrogens (tertiary/aromatic N) is 2. The normalized spacial score (nSPS) is 19.8. The van der Waals surface area contributed by atoms with Crippen LogP contribution >= 0.6 is 0 Å². The van der Waals surface area contributed by atoms with Gasteiger partial charge in [0.05, 0.1) is 24.8 Å². The molecule has 8 nitrogen and oxygen atoms in total. The zero-order chi connectivity index (χ0) is 26.8. The molecule has 0 unspecified atom stereocenters. The molecular formula is C30H30N2O6. The smallest absolute Gasteiger partial charge is 0.295 e. The van der Waals surface area contributed by atoms with Crippen LogP contribution in [0.5, 0.6) is 17.2 Å². The van der Waals surface area contributed by atoms with Crippen LogP contribution < -0.4 is 14.2 Å². The molecule has 1 amide bonds. The fourth-order valence-corrected chi connectivity index (χ4v) is 5.04. The predicted octanol–water partition coefficient (Wildman–Crippen LogP) is 4.82. The number of carbonyl (C=O) groups is 2. The number of pyridine rings is 1. The summed E-state index contributed by atoms with van der Waals surface area (Å²) < 4.78 is 17.3. The molecule has 0 spiro atoms. The number of hydrogen-bond donors (Lipinski definition) is 1. The second-order valence-electron chi connectivity index (χ2n) is 9.32. The molecule has 8 heteroatoms. The fraction of sp³-hybridized carbons (Fsp3) is 0.300. The summed E-state index contributed by atoms with van der Waals surface area (Å²) in [5, 5.41) is 11.5. The van der Waals surface area contributed by atoms with E-state index in [1.54, 1.807) is 48.8 Å². The number of aliphatic hydroxyl groups is 1. The molecule has 196 valence electrons. The van der Waals surface area contributed by atoms with Crippen LogP contribution in [0, 0.1) is 0 Å². The van der Waals surface area contributed by atoms with Crippen molar-refractivity contribution in [2.24, 2.45) is 0 Å². The number of hydrogen-bond acceptors (Lipinski definition) is 7. The quantitative estimate of drug-likeness (QED) is 0.261. The van der Waals surface area contributed by atoms with Gasteiger partial charge in [0.1, 0.15) is 17.6 Å². The van der Waals surface area contributed by atoms with Crippen molar-refractivity contribution in [1.29, 1.82) is 0 Å². The Kier molecular flexibility index (Phi) is 7.05. The van der Waals surface area contributed by atoms with Gasteiger partial charge in [0.15, 0.2) is 11.5 Å². The highest BCUT2D eigenvalue weighted by atomic mass is 16.5. The Labute approximate surface area is 221 Å². The lowest BCUT2D eigenvalue weighted by atomic mass is 9.94. The average molecular weight is 515 g/mol. The van der Waals surface area contributed by atoms with Gasteiger partial charge in [0.25, 0.3) is 11.7 Å². The molecule has 0 radical (unpaired) electrons. The molecule has 0 bridgehead atoms. The maximum Gasteiger partial charge on any atom is 0.295 e. The third-order valence-electron chi connectivity index (χ3n) is 6.67. The van der Waals surface area contributed by atoms with Crippen LogP contribution in [0.25, 0.3) is 5.76 Å². The van der Waals surface area contributed by atoms with Gasteiger partial charge in [-0.05, 0) is 73.9 Å². The van der Waals surface area contributed by atoms with E-state index in [9.17, 15) is 14.7 Å². The van der Waals surface area contributed by atoms with Crippen molar-refractivity contribution in [3.05, 3.63) is 88.8 Å². The van der Waals surface area contributed by atoms with Crippen LogP contribution in [-0.4, -0.2) is 46.0 Å². The zero-order valence-corrected chi connectivity index (χ0v) is 21.6. The number of Topliss-reactive ketones (excluding diaryl/α,β-unsaturated/α-hetero) is 1. The number of ether oxygens (including phenoxy) is 3. The van der Waals surface area contributed by atoms with Gasteiger partial charge in [-0.3, -0.25) is 14.6 Å². The molecule has 0 saturated carbocycles. The molecule has 5 rings (SSSR count). The summed E-state index contributed by atoms with van der Waals surface area (Å²) >= 11 is 0. The van der Waals surface area contributed by atoms with E-state index in [4.69, 9.17) is 14.2 Å². The lowest BCUT2D eigenvalue weighted by molar-refractivity contribution is -0.140. The number of fused-ring (bicyclic) bond motifs is 1. The van der Waals surface area contributed by atoms with Crippen LogP contribution in [0.2, 0.25) is 0 Å². The predicted molar refractivity (Wildman–Crippen MR) is 141 cm³/mol. The molecule has 1 saturated heterocycles. The van der Waals surface area contributed by atoms with Crippen molar-refractivity contribution in [2.45, 2.75) is 45.9 Å². The van der Waals surface area contributed by atoms with E-state index in [-0.39, 0.29) is 24.0 Å². The molecule has 38 heavy (non-hydrogen) atoms. The first-order valence-electron chi connectivity index (χ1n) is 12.8. The van der Waals surface area contributed by atoms with Crippen molar-refractivity contribution in [1.82, 2.24) is 9.88 Å². The highest BCUT2D eigenvalue weighted by Crippen LogP contribution is 2.43. The number of ketones is 1. The van der Waals surface area contributed by atoms with E-state index in [0.717, 1.165) is 16.9 Å². The van der Waals surface area contributed by atoms with Gasteiger partial charge in [0.2, 0.25) is 0 Å².